The lowest BCUT2D eigenvalue weighted by atomic mass is 9.83. The van der Waals surface area contributed by atoms with Crippen LogP contribution in [0.1, 0.15) is 40.0 Å². The van der Waals surface area contributed by atoms with E-state index < -0.39 is 0 Å². The molecule has 1 heteroatoms. The number of rotatable bonds is 0. The van der Waals surface area contributed by atoms with Crippen LogP contribution in [-0.4, -0.2) is 12.3 Å². The SMILES string of the molecule is CC(C)(C)C1CCCC=N1. The Balaban J connectivity index is 2.55. The van der Waals surface area contributed by atoms with E-state index in [2.05, 4.69) is 32.0 Å². The molecule has 10 heavy (non-hydrogen) atoms. The molecule has 58 valence electrons. The van der Waals surface area contributed by atoms with Crippen LogP contribution < -0.4 is 0 Å². The Morgan fingerprint density at radius 2 is 2.10 bits per heavy atom. The van der Waals surface area contributed by atoms with Gasteiger partial charge in [-0.05, 0) is 30.9 Å². The first-order chi connectivity index (χ1) is 4.61. The van der Waals surface area contributed by atoms with Crippen molar-refractivity contribution in [2.75, 3.05) is 0 Å². The molecule has 0 bridgehead atoms. The van der Waals surface area contributed by atoms with Gasteiger partial charge in [-0.2, -0.15) is 0 Å². The van der Waals surface area contributed by atoms with Gasteiger partial charge in [-0.3, -0.25) is 4.99 Å². The van der Waals surface area contributed by atoms with Crippen LogP contribution in [0.3, 0.4) is 0 Å². The monoisotopic (exact) mass is 139 g/mol. The summed E-state index contributed by atoms with van der Waals surface area (Å²) < 4.78 is 0. The molecule has 0 saturated carbocycles. The van der Waals surface area contributed by atoms with Crippen LogP contribution in [0.5, 0.6) is 0 Å². The normalized spacial score (nSPS) is 26.9. The van der Waals surface area contributed by atoms with Gasteiger partial charge in [-0.25, -0.2) is 0 Å². The molecule has 1 rings (SSSR count). The van der Waals surface area contributed by atoms with Gasteiger partial charge < -0.3 is 0 Å². The van der Waals surface area contributed by atoms with Gasteiger partial charge in [0.2, 0.25) is 0 Å². The summed E-state index contributed by atoms with van der Waals surface area (Å²) in [7, 11) is 0. The van der Waals surface area contributed by atoms with Crippen molar-refractivity contribution in [2.45, 2.75) is 46.1 Å². The molecular formula is C9H17N. The Kier molecular flexibility index (Phi) is 2.12. The number of nitrogens with zero attached hydrogens (tertiary/aromatic N) is 1. The Morgan fingerprint density at radius 1 is 1.40 bits per heavy atom. The maximum Gasteiger partial charge on any atom is 0.0544 e. The topological polar surface area (TPSA) is 12.4 Å². The molecule has 1 nitrogen and oxygen atoms in total. The molecule has 0 N–H and O–H groups in total. The smallest absolute Gasteiger partial charge is 0.0544 e. The summed E-state index contributed by atoms with van der Waals surface area (Å²) in [4.78, 5) is 4.48. The number of aliphatic imine (C=N–C) groups is 1. The Hall–Kier alpha value is -0.330. The van der Waals surface area contributed by atoms with Crippen LogP contribution in [-0.2, 0) is 0 Å². The molecule has 0 spiro atoms. The van der Waals surface area contributed by atoms with Crippen molar-refractivity contribution in [1.82, 2.24) is 0 Å². The Bertz CT molecular complexity index is 130. The van der Waals surface area contributed by atoms with Crippen LogP contribution in [0.25, 0.3) is 0 Å². The van der Waals surface area contributed by atoms with Gasteiger partial charge in [-0.15, -0.1) is 0 Å². The highest BCUT2D eigenvalue weighted by Crippen LogP contribution is 2.27. The summed E-state index contributed by atoms with van der Waals surface area (Å²) in [5.74, 6) is 0. The van der Waals surface area contributed by atoms with Gasteiger partial charge in [0.1, 0.15) is 0 Å². The van der Waals surface area contributed by atoms with Crippen LogP contribution in [0.2, 0.25) is 0 Å². The van der Waals surface area contributed by atoms with E-state index in [4.69, 9.17) is 0 Å². The lowest BCUT2D eigenvalue weighted by Gasteiger charge is -2.29. The van der Waals surface area contributed by atoms with Gasteiger partial charge in [0.15, 0.2) is 0 Å². The Morgan fingerprint density at radius 3 is 2.40 bits per heavy atom. The second-order valence-electron chi connectivity index (χ2n) is 4.14. The number of hydrogen-bond donors (Lipinski definition) is 0. The highest BCUT2D eigenvalue weighted by Gasteiger charge is 2.23. The molecule has 0 saturated heterocycles. The molecule has 0 aliphatic carbocycles. The van der Waals surface area contributed by atoms with Crippen LogP contribution in [0, 0.1) is 5.41 Å². The predicted molar refractivity (Wildman–Crippen MR) is 45.6 cm³/mol. The van der Waals surface area contributed by atoms with E-state index in [-0.39, 0.29) is 0 Å². The third-order valence-corrected chi connectivity index (χ3v) is 2.10. The van der Waals surface area contributed by atoms with Gasteiger partial charge in [-0.1, -0.05) is 20.8 Å². The first-order valence-electron chi connectivity index (χ1n) is 4.12. The second kappa shape index (κ2) is 2.73. The fourth-order valence-electron chi connectivity index (χ4n) is 1.34. The lowest BCUT2D eigenvalue weighted by molar-refractivity contribution is 0.299. The van der Waals surface area contributed by atoms with Gasteiger partial charge in [0.25, 0.3) is 0 Å². The van der Waals surface area contributed by atoms with Crippen molar-refractivity contribution in [3.8, 4) is 0 Å². The zero-order valence-electron chi connectivity index (χ0n) is 7.22. The molecule has 1 aliphatic heterocycles. The summed E-state index contributed by atoms with van der Waals surface area (Å²) in [5, 5.41) is 0. The summed E-state index contributed by atoms with van der Waals surface area (Å²) in [5.41, 5.74) is 0.372. The van der Waals surface area contributed by atoms with E-state index in [1.165, 1.54) is 19.3 Å². The zero-order valence-corrected chi connectivity index (χ0v) is 7.22. The third kappa shape index (κ3) is 1.83. The highest BCUT2D eigenvalue weighted by atomic mass is 14.8. The van der Waals surface area contributed by atoms with E-state index in [0.29, 0.717) is 11.5 Å². The predicted octanol–water partition coefficient (Wildman–Crippen LogP) is 2.66. The molecule has 1 atom stereocenters. The molecular weight excluding hydrogens is 122 g/mol. The quantitative estimate of drug-likeness (QED) is 0.489. The van der Waals surface area contributed by atoms with E-state index in [9.17, 15) is 0 Å². The molecule has 1 aliphatic rings. The average molecular weight is 139 g/mol. The average Bonchev–Trinajstić information content (AvgIpc) is 1.88. The van der Waals surface area contributed by atoms with Crippen molar-refractivity contribution in [3.63, 3.8) is 0 Å². The fourth-order valence-corrected chi connectivity index (χ4v) is 1.34. The van der Waals surface area contributed by atoms with E-state index >= 15 is 0 Å². The van der Waals surface area contributed by atoms with Crippen molar-refractivity contribution in [1.29, 1.82) is 0 Å². The first-order valence-corrected chi connectivity index (χ1v) is 4.12. The standard InChI is InChI=1S/C9H17N/c1-9(2,3)8-6-4-5-7-10-8/h7-8H,4-6H2,1-3H3. The van der Waals surface area contributed by atoms with Gasteiger partial charge >= 0.3 is 0 Å². The molecule has 0 aromatic carbocycles. The number of hydrogen-bond acceptors (Lipinski definition) is 1. The van der Waals surface area contributed by atoms with E-state index in [1.807, 2.05) is 0 Å². The molecule has 0 aromatic heterocycles. The van der Waals surface area contributed by atoms with Crippen LogP contribution >= 0.6 is 0 Å². The third-order valence-electron chi connectivity index (χ3n) is 2.10. The first kappa shape index (κ1) is 7.77. The van der Waals surface area contributed by atoms with Crippen molar-refractivity contribution >= 4 is 6.21 Å². The van der Waals surface area contributed by atoms with Crippen LogP contribution in [0.15, 0.2) is 4.99 Å². The summed E-state index contributed by atoms with van der Waals surface area (Å²) in [6, 6.07) is 0.571. The van der Waals surface area contributed by atoms with E-state index in [0.717, 1.165) is 0 Å². The van der Waals surface area contributed by atoms with Crippen molar-refractivity contribution in [3.05, 3.63) is 0 Å². The highest BCUT2D eigenvalue weighted by molar-refractivity contribution is 5.58. The molecule has 1 unspecified atom stereocenters. The summed E-state index contributed by atoms with van der Waals surface area (Å²) in [6.07, 6.45) is 5.87. The molecule has 0 aromatic rings. The molecule has 0 amide bonds. The van der Waals surface area contributed by atoms with Gasteiger partial charge in [0, 0.05) is 0 Å². The molecule has 0 fully saturated rings. The minimum Gasteiger partial charge on any atom is -0.294 e. The van der Waals surface area contributed by atoms with Gasteiger partial charge in [0.05, 0.1) is 6.04 Å². The molecule has 0 radical (unpaired) electrons. The summed E-state index contributed by atoms with van der Waals surface area (Å²) >= 11 is 0. The minimum absolute atomic E-state index is 0.372. The summed E-state index contributed by atoms with van der Waals surface area (Å²) in [6.45, 7) is 6.79. The minimum atomic E-state index is 0.372. The largest absolute Gasteiger partial charge is 0.294 e. The van der Waals surface area contributed by atoms with E-state index in [1.54, 1.807) is 0 Å². The fraction of sp³-hybridized carbons (Fsp3) is 0.889. The maximum absolute atomic E-state index is 4.48. The second-order valence-corrected chi connectivity index (χ2v) is 4.14. The Labute approximate surface area is 63.5 Å². The zero-order chi connectivity index (χ0) is 7.61. The van der Waals surface area contributed by atoms with Crippen molar-refractivity contribution in [2.24, 2.45) is 10.4 Å². The maximum atomic E-state index is 4.48. The van der Waals surface area contributed by atoms with Crippen LogP contribution in [0.4, 0.5) is 0 Å². The van der Waals surface area contributed by atoms with Crippen molar-refractivity contribution < 1.29 is 0 Å². The lowest BCUT2D eigenvalue weighted by Crippen LogP contribution is -2.26. The molecule has 1 heterocycles.